The summed E-state index contributed by atoms with van der Waals surface area (Å²) in [5, 5.41) is 3.56. The van der Waals surface area contributed by atoms with Crippen LogP contribution in [-0.4, -0.2) is 91.3 Å². The SMILES string of the molecule is CCN(CC)C1CCN(C(=NC)NCCC2CCCN(C(=O)OC(C)(C)C)C2)C1. The van der Waals surface area contributed by atoms with Gasteiger partial charge in [-0.1, -0.05) is 13.8 Å². The van der Waals surface area contributed by atoms with Gasteiger partial charge in [-0.3, -0.25) is 9.89 Å². The fourth-order valence-corrected chi connectivity index (χ4v) is 4.49. The highest BCUT2D eigenvalue weighted by atomic mass is 16.6. The van der Waals surface area contributed by atoms with Crippen LogP contribution in [0.1, 0.15) is 60.3 Å². The molecule has 0 aromatic carbocycles. The van der Waals surface area contributed by atoms with E-state index in [0.717, 1.165) is 64.6 Å². The zero-order valence-electron chi connectivity index (χ0n) is 19.5. The van der Waals surface area contributed by atoms with Gasteiger partial charge in [0, 0.05) is 45.8 Å². The van der Waals surface area contributed by atoms with Gasteiger partial charge in [-0.2, -0.15) is 0 Å². The van der Waals surface area contributed by atoms with Crippen molar-refractivity contribution in [3.8, 4) is 0 Å². The van der Waals surface area contributed by atoms with Crippen LogP contribution in [0.2, 0.25) is 0 Å². The predicted octanol–water partition coefficient (Wildman–Crippen LogP) is 3.02. The molecule has 168 valence electrons. The number of carbonyl (C=O) groups is 1. The third-order valence-electron chi connectivity index (χ3n) is 6.01. The highest BCUT2D eigenvalue weighted by Crippen LogP contribution is 2.21. The number of carbonyl (C=O) groups excluding carboxylic acids is 1. The first-order chi connectivity index (χ1) is 13.8. The Bertz CT molecular complexity index is 542. The molecular formula is C22H43N5O2. The van der Waals surface area contributed by atoms with Gasteiger partial charge >= 0.3 is 6.09 Å². The largest absolute Gasteiger partial charge is 0.444 e. The highest BCUT2D eigenvalue weighted by Gasteiger charge is 2.29. The van der Waals surface area contributed by atoms with Crippen LogP contribution in [-0.2, 0) is 4.74 Å². The number of aliphatic imine (C=N–C) groups is 1. The van der Waals surface area contributed by atoms with Gasteiger partial charge in [0.1, 0.15) is 5.60 Å². The Morgan fingerprint density at radius 1 is 1.14 bits per heavy atom. The highest BCUT2D eigenvalue weighted by molar-refractivity contribution is 5.80. The van der Waals surface area contributed by atoms with Gasteiger partial charge in [-0.25, -0.2) is 4.79 Å². The molecular weight excluding hydrogens is 366 g/mol. The lowest BCUT2D eigenvalue weighted by Gasteiger charge is -2.34. The first-order valence-corrected chi connectivity index (χ1v) is 11.4. The summed E-state index contributed by atoms with van der Waals surface area (Å²) >= 11 is 0. The maximum Gasteiger partial charge on any atom is 0.410 e. The van der Waals surface area contributed by atoms with Crippen molar-refractivity contribution in [2.45, 2.75) is 71.9 Å². The van der Waals surface area contributed by atoms with Crippen molar-refractivity contribution < 1.29 is 9.53 Å². The number of nitrogens with one attached hydrogen (secondary N) is 1. The summed E-state index contributed by atoms with van der Waals surface area (Å²) in [5.41, 5.74) is -0.434. The average Bonchev–Trinajstić information content (AvgIpc) is 3.15. The summed E-state index contributed by atoms with van der Waals surface area (Å²) in [4.78, 5) is 23.7. The Balaban J connectivity index is 1.76. The third-order valence-corrected chi connectivity index (χ3v) is 6.01. The minimum absolute atomic E-state index is 0.175. The molecule has 2 heterocycles. The first-order valence-electron chi connectivity index (χ1n) is 11.4. The van der Waals surface area contributed by atoms with Crippen LogP contribution < -0.4 is 5.32 Å². The quantitative estimate of drug-likeness (QED) is 0.540. The standard InChI is InChI=1S/C22H43N5O2/c1-7-25(8-2)19-12-15-26(17-19)20(23-6)24-13-11-18-10-9-14-27(16-18)21(28)29-22(3,4)5/h18-19H,7-17H2,1-6H3,(H,23,24). The number of piperidine rings is 1. The molecule has 2 unspecified atom stereocenters. The number of ether oxygens (including phenoxy) is 1. The molecule has 29 heavy (non-hydrogen) atoms. The van der Waals surface area contributed by atoms with E-state index in [1.807, 2.05) is 32.7 Å². The molecule has 7 nitrogen and oxygen atoms in total. The molecule has 2 atom stereocenters. The van der Waals surface area contributed by atoms with Gasteiger partial charge in [0.2, 0.25) is 0 Å². The Hall–Kier alpha value is -1.50. The van der Waals surface area contributed by atoms with Gasteiger partial charge in [-0.15, -0.1) is 0 Å². The Kier molecular flexibility index (Phi) is 9.05. The summed E-state index contributed by atoms with van der Waals surface area (Å²) in [5.74, 6) is 1.53. The van der Waals surface area contributed by atoms with E-state index in [1.165, 1.54) is 12.8 Å². The van der Waals surface area contributed by atoms with Crippen molar-refractivity contribution >= 4 is 12.1 Å². The van der Waals surface area contributed by atoms with Gasteiger partial charge < -0.3 is 19.9 Å². The Labute approximate surface area is 177 Å². The van der Waals surface area contributed by atoms with Gasteiger partial charge in [0.15, 0.2) is 5.96 Å². The van der Waals surface area contributed by atoms with Crippen molar-refractivity contribution in [1.82, 2.24) is 20.0 Å². The molecule has 2 saturated heterocycles. The van der Waals surface area contributed by atoms with Crippen LogP contribution in [0.5, 0.6) is 0 Å². The Morgan fingerprint density at radius 3 is 2.48 bits per heavy atom. The van der Waals surface area contributed by atoms with E-state index in [-0.39, 0.29) is 6.09 Å². The lowest BCUT2D eigenvalue weighted by atomic mass is 9.95. The molecule has 0 spiro atoms. The second-order valence-electron chi connectivity index (χ2n) is 9.31. The number of hydrogen-bond donors (Lipinski definition) is 1. The lowest BCUT2D eigenvalue weighted by Crippen LogP contribution is -2.45. The molecule has 0 bridgehead atoms. The van der Waals surface area contributed by atoms with E-state index < -0.39 is 5.60 Å². The number of amides is 1. The fraction of sp³-hybridized carbons (Fsp3) is 0.909. The minimum Gasteiger partial charge on any atom is -0.444 e. The van der Waals surface area contributed by atoms with E-state index in [4.69, 9.17) is 4.74 Å². The summed E-state index contributed by atoms with van der Waals surface area (Å²) in [7, 11) is 1.87. The number of nitrogens with zero attached hydrogens (tertiary/aromatic N) is 4. The van der Waals surface area contributed by atoms with Crippen molar-refractivity contribution in [2.24, 2.45) is 10.9 Å². The van der Waals surface area contributed by atoms with E-state index in [2.05, 4.69) is 34.0 Å². The summed E-state index contributed by atoms with van der Waals surface area (Å²) in [6.07, 6.45) is 4.30. The maximum atomic E-state index is 12.4. The molecule has 0 aliphatic carbocycles. The van der Waals surface area contributed by atoms with Gasteiger partial charge in [0.05, 0.1) is 0 Å². The van der Waals surface area contributed by atoms with E-state index >= 15 is 0 Å². The van der Waals surface area contributed by atoms with Crippen molar-refractivity contribution in [3.05, 3.63) is 0 Å². The van der Waals surface area contributed by atoms with Crippen LogP contribution in [0.3, 0.4) is 0 Å². The van der Waals surface area contributed by atoms with Crippen LogP contribution in [0.15, 0.2) is 4.99 Å². The van der Waals surface area contributed by atoms with Crippen LogP contribution in [0, 0.1) is 5.92 Å². The van der Waals surface area contributed by atoms with Gasteiger partial charge in [-0.05, 0) is 65.5 Å². The summed E-state index contributed by atoms with van der Waals surface area (Å²) in [6, 6.07) is 0.629. The number of guanidine groups is 1. The third kappa shape index (κ3) is 7.36. The number of likely N-dealkylation sites (N-methyl/N-ethyl adjacent to an activating group) is 1. The molecule has 1 amide bonds. The molecule has 1 N–H and O–H groups in total. The zero-order valence-corrected chi connectivity index (χ0v) is 19.5. The smallest absolute Gasteiger partial charge is 0.410 e. The van der Waals surface area contributed by atoms with Crippen molar-refractivity contribution in [3.63, 3.8) is 0 Å². The molecule has 2 rings (SSSR count). The predicted molar refractivity (Wildman–Crippen MR) is 119 cm³/mol. The fourth-order valence-electron chi connectivity index (χ4n) is 4.49. The molecule has 0 aromatic rings. The number of likely N-dealkylation sites (tertiary alicyclic amines) is 2. The van der Waals surface area contributed by atoms with Crippen LogP contribution in [0.4, 0.5) is 4.79 Å². The van der Waals surface area contributed by atoms with Crippen molar-refractivity contribution in [1.29, 1.82) is 0 Å². The van der Waals surface area contributed by atoms with Gasteiger partial charge in [0.25, 0.3) is 0 Å². The van der Waals surface area contributed by atoms with E-state index in [9.17, 15) is 4.79 Å². The number of hydrogen-bond acceptors (Lipinski definition) is 4. The Morgan fingerprint density at radius 2 is 1.86 bits per heavy atom. The summed E-state index contributed by atoms with van der Waals surface area (Å²) < 4.78 is 5.54. The minimum atomic E-state index is -0.434. The zero-order chi connectivity index (χ0) is 21.4. The average molecular weight is 410 g/mol. The second-order valence-corrected chi connectivity index (χ2v) is 9.31. The van der Waals surface area contributed by atoms with Crippen LogP contribution in [0.25, 0.3) is 0 Å². The lowest BCUT2D eigenvalue weighted by molar-refractivity contribution is 0.0162. The molecule has 2 aliphatic heterocycles. The molecule has 7 heteroatoms. The molecule has 2 aliphatic rings. The first kappa shape index (κ1) is 23.8. The van der Waals surface area contributed by atoms with E-state index in [0.29, 0.717) is 12.0 Å². The summed E-state index contributed by atoms with van der Waals surface area (Å²) in [6.45, 7) is 17.1. The molecule has 0 radical (unpaired) electrons. The monoisotopic (exact) mass is 409 g/mol. The molecule has 0 aromatic heterocycles. The second kappa shape index (κ2) is 11.0. The topological polar surface area (TPSA) is 60.4 Å². The van der Waals surface area contributed by atoms with Crippen LogP contribution >= 0.6 is 0 Å². The maximum absolute atomic E-state index is 12.4. The molecule has 0 saturated carbocycles. The molecule has 2 fully saturated rings. The van der Waals surface area contributed by atoms with E-state index in [1.54, 1.807) is 0 Å². The van der Waals surface area contributed by atoms with Crippen molar-refractivity contribution in [2.75, 3.05) is 52.9 Å². The normalized spacial score (nSPS) is 23.6. The number of rotatable bonds is 6.